The van der Waals surface area contributed by atoms with Crippen LogP contribution in [0.1, 0.15) is 18.5 Å². The molecule has 0 aliphatic heterocycles. The van der Waals surface area contributed by atoms with Crippen LogP contribution in [-0.4, -0.2) is 23.5 Å². The largest absolute Gasteiger partial charge is 0.324 e. The molecular weight excluding hydrogens is 188 g/mol. The van der Waals surface area contributed by atoms with Crippen LogP contribution < -0.4 is 11.3 Å². The summed E-state index contributed by atoms with van der Waals surface area (Å²) in [7, 11) is 2.14. The fourth-order valence-electron chi connectivity index (χ4n) is 1.74. The molecule has 0 amide bonds. The number of nitrogen functional groups attached to an aromatic ring is 1. The standard InChI is InChI=1S/C11H18N4/c1-15(7-9-2-3-9)8-11-6-10(14-12)4-5-13-11/h4-6,9H,2-3,7-8,12H2,1H3,(H,13,14). The molecule has 1 saturated carbocycles. The van der Waals surface area contributed by atoms with Gasteiger partial charge in [0.25, 0.3) is 0 Å². The van der Waals surface area contributed by atoms with Crippen LogP contribution in [0.5, 0.6) is 0 Å². The molecule has 82 valence electrons. The molecule has 0 bridgehead atoms. The third-order valence-corrected chi connectivity index (χ3v) is 2.68. The third kappa shape index (κ3) is 3.18. The van der Waals surface area contributed by atoms with Gasteiger partial charge in [-0.15, -0.1) is 0 Å². The first-order chi connectivity index (χ1) is 7.28. The molecule has 0 atom stereocenters. The zero-order valence-electron chi connectivity index (χ0n) is 9.11. The van der Waals surface area contributed by atoms with Gasteiger partial charge in [-0.1, -0.05) is 0 Å². The number of hydrogen-bond acceptors (Lipinski definition) is 4. The number of nitrogens with one attached hydrogen (secondary N) is 1. The van der Waals surface area contributed by atoms with Gasteiger partial charge in [-0.25, -0.2) is 0 Å². The Hall–Kier alpha value is -1.13. The van der Waals surface area contributed by atoms with Gasteiger partial charge in [0, 0.05) is 19.3 Å². The lowest BCUT2D eigenvalue weighted by atomic mass is 10.3. The number of rotatable bonds is 5. The van der Waals surface area contributed by atoms with Gasteiger partial charge in [0.1, 0.15) is 0 Å². The smallest absolute Gasteiger partial charge is 0.0564 e. The van der Waals surface area contributed by atoms with Crippen molar-refractivity contribution in [2.75, 3.05) is 19.0 Å². The second kappa shape index (κ2) is 4.59. The molecule has 0 saturated heterocycles. The van der Waals surface area contributed by atoms with Crippen LogP contribution in [0.2, 0.25) is 0 Å². The Kier molecular flexibility index (Phi) is 3.18. The molecule has 1 aliphatic rings. The zero-order valence-corrected chi connectivity index (χ0v) is 9.11. The van der Waals surface area contributed by atoms with E-state index in [1.165, 1.54) is 19.4 Å². The minimum Gasteiger partial charge on any atom is -0.324 e. The second-order valence-corrected chi connectivity index (χ2v) is 4.32. The average molecular weight is 206 g/mol. The van der Waals surface area contributed by atoms with Crippen molar-refractivity contribution in [3.05, 3.63) is 24.0 Å². The summed E-state index contributed by atoms with van der Waals surface area (Å²) in [5, 5.41) is 0. The first kappa shape index (κ1) is 10.4. The monoisotopic (exact) mass is 206 g/mol. The van der Waals surface area contributed by atoms with Crippen molar-refractivity contribution in [1.29, 1.82) is 0 Å². The van der Waals surface area contributed by atoms with E-state index in [1.54, 1.807) is 6.20 Å². The van der Waals surface area contributed by atoms with Gasteiger partial charge in [0.15, 0.2) is 0 Å². The highest BCUT2D eigenvalue weighted by molar-refractivity contribution is 5.41. The summed E-state index contributed by atoms with van der Waals surface area (Å²) < 4.78 is 0. The molecule has 1 heterocycles. The Balaban J connectivity index is 1.90. The van der Waals surface area contributed by atoms with E-state index in [0.717, 1.165) is 23.8 Å². The van der Waals surface area contributed by atoms with E-state index in [4.69, 9.17) is 5.84 Å². The molecule has 1 fully saturated rings. The van der Waals surface area contributed by atoms with Crippen LogP contribution in [0.3, 0.4) is 0 Å². The minimum atomic E-state index is 0.895. The van der Waals surface area contributed by atoms with Gasteiger partial charge >= 0.3 is 0 Å². The van der Waals surface area contributed by atoms with Crippen LogP contribution in [0.25, 0.3) is 0 Å². The lowest BCUT2D eigenvalue weighted by Crippen LogP contribution is -2.21. The van der Waals surface area contributed by atoms with Crippen molar-refractivity contribution in [3.63, 3.8) is 0 Å². The Morgan fingerprint density at radius 2 is 2.40 bits per heavy atom. The van der Waals surface area contributed by atoms with Gasteiger partial charge < -0.3 is 10.3 Å². The third-order valence-electron chi connectivity index (χ3n) is 2.68. The average Bonchev–Trinajstić information content (AvgIpc) is 3.02. The molecule has 4 nitrogen and oxygen atoms in total. The lowest BCUT2D eigenvalue weighted by Gasteiger charge is -2.15. The van der Waals surface area contributed by atoms with E-state index < -0.39 is 0 Å². The summed E-state index contributed by atoms with van der Waals surface area (Å²) in [4.78, 5) is 6.64. The predicted molar refractivity (Wildman–Crippen MR) is 61.1 cm³/mol. The summed E-state index contributed by atoms with van der Waals surface area (Å²) in [6, 6.07) is 3.85. The number of nitrogens with zero attached hydrogens (tertiary/aromatic N) is 2. The highest BCUT2D eigenvalue weighted by atomic mass is 15.2. The summed E-state index contributed by atoms with van der Waals surface area (Å²) in [5.74, 6) is 6.27. The molecule has 0 spiro atoms. The molecule has 3 N–H and O–H groups in total. The lowest BCUT2D eigenvalue weighted by molar-refractivity contribution is 0.309. The van der Waals surface area contributed by atoms with Crippen LogP contribution in [0.15, 0.2) is 18.3 Å². The molecule has 0 aromatic carbocycles. The molecule has 1 aromatic heterocycles. The molecule has 0 radical (unpaired) electrons. The summed E-state index contributed by atoms with van der Waals surface area (Å²) in [5.41, 5.74) is 4.62. The van der Waals surface area contributed by atoms with Crippen molar-refractivity contribution < 1.29 is 0 Å². The predicted octanol–water partition coefficient (Wildman–Crippen LogP) is 1.21. The quantitative estimate of drug-likeness (QED) is 0.561. The summed E-state index contributed by atoms with van der Waals surface area (Å²) >= 11 is 0. The zero-order chi connectivity index (χ0) is 10.7. The van der Waals surface area contributed by atoms with E-state index in [1.807, 2.05) is 12.1 Å². The molecule has 4 heteroatoms. The first-order valence-electron chi connectivity index (χ1n) is 5.38. The Bertz CT molecular complexity index is 322. The van der Waals surface area contributed by atoms with Gasteiger partial charge in [-0.3, -0.25) is 10.8 Å². The van der Waals surface area contributed by atoms with Crippen molar-refractivity contribution in [3.8, 4) is 0 Å². The fourth-order valence-corrected chi connectivity index (χ4v) is 1.74. The van der Waals surface area contributed by atoms with Gasteiger partial charge in [-0.2, -0.15) is 0 Å². The Morgan fingerprint density at radius 1 is 1.60 bits per heavy atom. The van der Waals surface area contributed by atoms with Crippen LogP contribution in [0, 0.1) is 5.92 Å². The van der Waals surface area contributed by atoms with E-state index in [-0.39, 0.29) is 0 Å². The van der Waals surface area contributed by atoms with Crippen LogP contribution in [-0.2, 0) is 6.54 Å². The molecule has 2 rings (SSSR count). The molecule has 1 aromatic rings. The maximum Gasteiger partial charge on any atom is 0.0564 e. The van der Waals surface area contributed by atoms with Crippen LogP contribution >= 0.6 is 0 Å². The van der Waals surface area contributed by atoms with Crippen molar-refractivity contribution in [2.45, 2.75) is 19.4 Å². The maximum absolute atomic E-state index is 5.35. The number of pyridine rings is 1. The van der Waals surface area contributed by atoms with Gasteiger partial charge in [0.05, 0.1) is 11.4 Å². The maximum atomic E-state index is 5.35. The normalized spacial score (nSPS) is 15.7. The van der Waals surface area contributed by atoms with E-state index >= 15 is 0 Å². The van der Waals surface area contributed by atoms with Gasteiger partial charge in [0.2, 0.25) is 0 Å². The number of aromatic nitrogens is 1. The van der Waals surface area contributed by atoms with E-state index in [2.05, 4.69) is 22.4 Å². The SMILES string of the molecule is CN(Cc1cc(NN)ccn1)CC1CC1. The Labute approximate surface area is 90.5 Å². The number of hydrogen-bond donors (Lipinski definition) is 2. The van der Waals surface area contributed by atoms with Gasteiger partial charge in [-0.05, 0) is 37.9 Å². The van der Waals surface area contributed by atoms with E-state index in [9.17, 15) is 0 Å². The number of anilines is 1. The summed E-state index contributed by atoms with van der Waals surface area (Å²) in [6.07, 6.45) is 4.57. The highest BCUT2D eigenvalue weighted by Gasteiger charge is 2.22. The van der Waals surface area contributed by atoms with Crippen molar-refractivity contribution in [2.24, 2.45) is 11.8 Å². The van der Waals surface area contributed by atoms with Crippen molar-refractivity contribution in [1.82, 2.24) is 9.88 Å². The molecular formula is C11H18N4. The number of hydrazine groups is 1. The van der Waals surface area contributed by atoms with Crippen molar-refractivity contribution >= 4 is 5.69 Å². The minimum absolute atomic E-state index is 0.895. The van der Waals surface area contributed by atoms with Crippen LogP contribution in [0.4, 0.5) is 5.69 Å². The second-order valence-electron chi connectivity index (χ2n) is 4.32. The topological polar surface area (TPSA) is 54.2 Å². The molecule has 0 unspecified atom stereocenters. The summed E-state index contributed by atoms with van der Waals surface area (Å²) in [6.45, 7) is 2.08. The fraction of sp³-hybridized carbons (Fsp3) is 0.545. The highest BCUT2D eigenvalue weighted by Crippen LogP contribution is 2.29. The number of nitrogens with two attached hydrogens (primary N) is 1. The van der Waals surface area contributed by atoms with E-state index in [0.29, 0.717) is 0 Å². The molecule has 15 heavy (non-hydrogen) atoms. The Morgan fingerprint density at radius 3 is 3.07 bits per heavy atom. The molecule has 1 aliphatic carbocycles. The first-order valence-corrected chi connectivity index (χ1v) is 5.38.